The van der Waals surface area contributed by atoms with Crippen LogP contribution in [0, 0.1) is 13.8 Å². The van der Waals surface area contributed by atoms with Gasteiger partial charge >= 0.3 is 0 Å². The predicted molar refractivity (Wildman–Crippen MR) is 84.8 cm³/mol. The molecule has 1 aromatic heterocycles. The molecule has 0 unspecified atom stereocenters. The van der Waals surface area contributed by atoms with Crippen molar-refractivity contribution in [3.8, 4) is 0 Å². The second kappa shape index (κ2) is 5.85. The number of hydrogen-bond donors (Lipinski definition) is 0. The number of rotatable bonds is 3. The lowest BCUT2D eigenvalue weighted by Gasteiger charge is -2.34. The van der Waals surface area contributed by atoms with Gasteiger partial charge in [0.2, 0.25) is 0 Å². The highest BCUT2D eigenvalue weighted by molar-refractivity contribution is 5.49. The molecule has 2 aromatic rings. The molecule has 0 aliphatic carbocycles. The summed E-state index contributed by atoms with van der Waals surface area (Å²) in [5.74, 6) is 1.81. The Balaban J connectivity index is 1.75. The molecule has 1 aromatic carbocycles. The van der Waals surface area contributed by atoms with Crippen molar-refractivity contribution in [3.63, 3.8) is 0 Å². The molecule has 0 spiro atoms. The topological polar surface area (TPSA) is 37.2 Å². The number of anilines is 1. The first-order valence-corrected chi connectivity index (χ1v) is 7.52. The standard InChI is InChI=1S/C16H23N5/c1-13-17-14(2)21(18-13)12-15-5-4-6-16(11-15)20-9-7-19(3)8-10-20/h4-6,11H,7-10,12H2,1-3H3. The van der Waals surface area contributed by atoms with Crippen molar-refractivity contribution < 1.29 is 0 Å². The van der Waals surface area contributed by atoms with Gasteiger partial charge in [0.1, 0.15) is 11.6 Å². The fourth-order valence-electron chi connectivity index (χ4n) is 2.80. The van der Waals surface area contributed by atoms with E-state index in [2.05, 4.69) is 51.2 Å². The van der Waals surface area contributed by atoms with Gasteiger partial charge in [-0.2, -0.15) is 5.10 Å². The van der Waals surface area contributed by atoms with Crippen LogP contribution in [0.4, 0.5) is 5.69 Å². The quantitative estimate of drug-likeness (QED) is 0.860. The molecule has 1 saturated heterocycles. The molecule has 21 heavy (non-hydrogen) atoms. The maximum atomic E-state index is 4.44. The first-order valence-electron chi connectivity index (χ1n) is 7.52. The summed E-state index contributed by atoms with van der Waals surface area (Å²) in [6.45, 7) is 9.18. The second-order valence-corrected chi connectivity index (χ2v) is 5.82. The van der Waals surface area contributed by atoms with Crippen LogP contribution in [0.1, 0.15) is 17.2 Å². The summed E-state index contributed by atoms with van der Waals surface area (Å²) in [5, 5.41) is 4.44. The van der Waals surface area contributed by atoms with Gasteiger partial charge in [-0.15, -0.1) is 0 Å². The third-order valence-electron chi connectivity index (χ3n) is 4.07. The number of benzene rings is 1. The van der Waals surface area contributed by atoms with Crippen LogP contribution >= 0.6 is 0 Å². The Kier molecular flexibility index (Phi) is 3.92. The first-order chi connectivity index (χ1) is 10.1. The van der Waals surface area contributed by atoms with Crippen LogP contribution < -0.4 is 4.90 Å². The average Bonchev–Trinajstić information content (AvgIpc) is 2.78. The van der Waals surface area contributed by atoms with E-state index < -0.39 is 0 Å². The maximum Gasteiger partial charge on any atom is 0.147 e. The Bertz CT molecular complexity index is 611. The monoisotopic (exact) mass is 285 g/mol. The molecule has 1 aliphatic heterocycles. The van der Waals surface area contributed by atoms with Crippen LogP contribution in [0.3, 0.4) is 0 Å². The highest BCUT2D eigenvalue weighted by Gasteiger charge is 2.14. The summed E-state index contributed by atoms with van der Waals surface area (Å²) in [4.78, 5) is 9.20. The molecule has 0 radical (unpaired) electrons. The number of hydrogen-bond acceptors (Lipinski definition) is 4. The molecular weight excluding hydrogens is 262 g/mol. The van der Waals surface area contributed by atoms with Crippen molar-refractivity contribution in [2.75, 3.05) is 38.1 Å². The van der Waals surface area contributed by atoms with Crippen molar-refractivity contribution in [3.05, 3.63) is 41.5 Å². The SMILES string of the molecule is Cc1nc(C)n(Cc2cccc(N3CCN(C)CC3)c2)n1. The number of aromatic nitrogens is 3. The zero-order chi connectivity index (χ0) is 14.8. The highest BCUT2D eigenvalue weighted by Crippen LogP contribution is 2.18. The molecule has 0 N–H and O–H groups in total. The summed E-state index contributed by atoms with van der Waals surface area (Å²) in [6.07, 6.45) is 0. The summed E-state index contributed by atoms with van der Waals surface area (Å²) >= 11 is 0. The van der Waals surface area contributed by atoms with E-state index >= 15 is 0 Å². The van der Waals surface area contributed by atoms with E-state index in [0.29, 0.717) is 0 Å². The number of likely N-dealkylation sites (N-methyl/N-ethyl adjacent to an activating group) is 1. The van der Waals surface area contributed by atoms with E-state index in [9.17, 15) is 0 Å². The van der Waals surface area contributed by atoms with Gasteiger partial charge in [0.05, 0.1) is 6.54 Å². The van der Waals surface area contributed by atoms with Gasteiger partial charge < -0.3 is 9.80 Å². The van der Waals surface area contributed by atoms with Crippen LogP contribution in [-0.2, 0) is 6.54 Å². The van der Waals surface area contributed by atoms with Crippen LogP contribution in [0.2, 0.25) is 0 Å². The fraction of sp³-hybridized carbons (Fsp3) is 0.500. The summed E-state index contributed by atoms with van der Waals surface area (Å²) in [5.41, 5.74) is 2.59. The zero-order valence-corrected chi connectivity index (χ0v) is 13.1. The second-order valence-electron chi connectivity index (χ2n) is 5.82. The van der Waals surface area contributed by atoms with E-state index in [-0.39, 0.29) is 0 Å². The lowest BCUT2D eigenvalue weighted by atomic mass is 10.1. The Morgan fingerprint density at radius 1 is 1.10 bits per heavy atom. The predicted octanol–water partition coefficient (Wildman–Crippen LogP) is 1.70. The Hall–Kier alpha value is -1.88. The molecule has 5 nitrogen and oxygen atoms in total. The van der Waals surface area contributed by atoms with Crippen molar-refractivity contribution in [2.24, 2.45) is 0 Å². The van der Waals surface area contributed by atoms with Gasteiger partial charge in [-0.25, -0.2) is 9.67 Å². The van der Waals surface area contributed by atoms with E-state index in [0.717, 1.165) is 44.4 Å². The Morgan fingerprint density at radius 3 is 2.52 bits per heavy atom. The van der Waals surface area contributed by atoms with Crippen LogP contribution in [0.25, 0.3) is 0 Å². The largest absolute Gasteiger partial charge is 0.369 e. The molecule has 112 valence electrons. The minimum absolute atomic E-state index is 0.786. The van der Waals surface area contributed by atoms with Crippen LogP contribution in [-0.4, -0.2) is 52.9 Å². The number of aryl methyl sites for hydroxylation is 2. The minimum atomic E-state index is 0.786. The number of nitrogens with zero attached hydrogens (tertiary/aromatic N) is 5. The van der Waals surface area contributed by atoms with Gasteiger partial charge in [0.15, 0.2) is 0 Å². The third-order valence-corrected chi connectivity index (χ3v) is 4.07. The lowest BCUT2D eigenvalue weighted by Crippen LogP contribution is -2.44. The van der Waals surface area contributed by atoms with Crippen molar-refractivity contribution in [2.45, 2.75) is 20.4 Å². The molecule has 1 aliphatic rings. The molecule has 0 amide bonds. The summed E-state index contributed by atoms with van der Waals surface area (Å²) in [7, 11) is 2.18. The Labute approximate surface area is 126 Å². The van der Waals surface area contributed by atoms with Crippen molar-refractivity contribution in [1.82, 2.24) is 19.7 Å². The first kappa shape index (κ1) is 14.1. The molecule has 0 bridgehead atoms. The molecule has 1 fully saturated rings. The maximum absolute atomic E-state index is 4.44. The van der Waals surface area contributed by atoms with Crippen LogP contribution in [0.5, 0.6) is 0 Å². The minimum Gasteiger partial charge on any atom is -0.369 e. The smallest absolute Gasteiger partial charge is 0.147 e. The summed E-state index contributed by atoms with van der Waals surface area (Å²) < 4.78 is 1.97. The van der Waals surface area contributed by atoms with Gasteiger partial charge in [0.25, 0.3) is 0 Å². The average molecular weight is 285 g/mol. The van der Waals surface area contributed by atoms with E-state index in [1.807, 2.05) is 18.5 Å². The summed E-state index contributed by atoms with van der Waals surface area (Å²) in [6, 6.07) is 8.79. The third kappa shape index (κ3) is 3.24. The van der Waals surface area contributed by atoms with Gasteiger partial charge in [-0.05, 0) is 38.6 Å². The van der Waals surface area contributed by atoms with Gasteiger partial charge in [-0.3, -0.25) is 0 Å². The highest BCUT2D eigenvalue weighted by atomic mass is 15.3. The van der Waals surface area contributed by atoms with E-state index in [1.165, 1.54) is 11.3 Å². The number of piperazine rings is 1. The molecule has 0 atom stereocenters. The molecule has 5 heteroatoms. The molecule has 0 saturated carbocycles. The van der Waals surface area contributed by atoms with Gasteiger partial charge in [-0.1, -0.05) is 12.1 Å². The Morgan fingerprint density at radius 2 is 1.86 bits per heavy atom. The van der Waals surface area contributed by atoms with E-state index in [1.54, 1.807) is 0 Å². The van der Waals surface area contributed by atoms with Crippen LogP contribution in [0.15, 0.2) is 24.3 Å². The van der Waals surface area contributed by atoms with Crippen molar-refractivity contribution >= 4 is 5.69 Å². The van der Waals surface area contributed by atoms with Crippen molar-refractivity contribution in [1.29, 1.82) is 0 Å². The normalized spacial score (nSPS) is 16.4. The fourth-order valence-corrected chi connectivity index (χ4v) is 2.80. The molecule has 3 rings (SSSR count). The molecular formula is C16H23N5. The lowest BCUT2D eigenvalue weighted by molar-refractivity contribution is 0.313. The van der Waals surface area contributed by atoms with Gasteiger partial charge in [0, 0.05) is 31.9 Å². The van der Waals surface area contributed by atoms with E-state index in [4.69, 9.17) is 0 Å². The zero-order valence-electron chi connectivity index (χ0n) is 13.1. The molecule has 2 heterocycles.